The van der Waals surface area contributed by atoms with Crippen LogP contribution in [0, 0.1) is 5.92 Å². The molecule has 0 heterocycles. The highest BCUT2D eigenvalue weighted by Gasteiger charge is 2.24. The van der Waals surface area contributed by atoms with Gasteiger partial charge in [-0.15, -0.1) is 0 Å². The van der Waals surface area contributed by atoms with Crippen molar-refractivity contribution in [3.8, 4) is 0 Å². The number of carbonyl (C=O) groups excluding carboxylic acids is 1. The van der Waals surface area contributed by atoms with Gasteiger partial charge in [-0.25, -0.2) is 0 Å². The summed E-state index contributed by atoms with van der Waals surface area (Å²) in [5, 5.41) is 0.658. The molecule has 1 aromatic rings. The molecular weight excluding hydrogens is 314 g/mol. The molecule has 1 aromatic carbocycles. The zero-order chi connectivity index (χ0) is 13.1. The Bertz CT molecular complexity index is 441. The van der Waals surface area contributed by atoms with Crippen LogP contribution in [0.2, 0.25) is 5.02 Å². The second-order valence-electron chi connectivity index (χ2n) is 4.99. The molecule has 0 amide bonds. The van der Waals surface area contributed by atoms with Gasteiger partial charge in [0.1, 0.15) is 5.78 Å². The Hall–Kier alpha value is -0.380. The minimum absolute atomic E-state index is 0.171. The predicted octanol–water partition coefficient (Wildman–Crippen LogP) is 3.73. The highest BCUT2D eigenvalue weighted by molar-refractivity contribution is 9.10. The molecule has 2 N–H and O–H groups in total. The molecule has 1 fully saturated rings. The lowest BCUT2D eigenvalue weighted by atomic mass is 9.82. The third kappa shape index (κ3) is 3.56. The van der Waals surface area contributed by atoms with Crippen molar-refractivity contribution in [1.29, 1.82) is 0 Å². The van der Waals surface area contributed by atoms with E-state index in [2.05, 4.69) is 15.9 Å². The van der Waals surface area contributed by atoms with Crippen LogP contribution in [0.4, 0.5) is 0 Å². The molecule has 98 valence electrons. The zero-order valence-corrected chi connectivity index (χ0v) is 12.5. The second kappa shape index (κ2) is 6.18. The summed E-state index contributed by atoms with van der Waals surface area (Å²) in [6.07, 6.45) is 4.21. The van der Waals surface area contributed by atoms with E-state index in [-0.39, 0.29) is 12.0 Å². The van der Waals surface area contributed by atoms with Gasteiger partial charge >= 0.3 is 0 Å². The van der Waals surface area contributed by atoms with Gasteiger partial charge in [-0.1, -0.05) is 33.6 Å². The molecule has 1 saturated carbocycles. The summed E-state index contributed by atoms with van der Waals surface area (Å²) in [5.41, 5.74) is 6.77. The minimum Gasteiger partial charge on any atom is -0.328 e. The number of nitrogens with two attached hydrogens (primary N) is 1. The highest BCUT2D eigenvalue weighted by Crippen LogP contribution is 2.27. The van der Waals surface area contributed by atoms with Gasteiger partial charge in [0.05, 0.1) is 0 Å². The smallest absolute Gasteiger partial charge is 0.140 e. The van der Waals surface area contributed by atoms with E-state index in [0.29, 0.717) is 17.2 Å². The van der Waals surface area contributed by atoms with Crippen molar-refractivity contribution in [2.45, 2.75) is 38.1 Å². The van der Waals surface area contributed by atoms with Crippen LogP contribution in [-0.4, -0.2) is 11.8 Å². The molecule has 4 heteroatoms. The molecule has 18 heavy (non-hydrogen) atoms. The molecule has 2 rings (SSSR count). The normalized spacial score (nSPS) is 23.9. The standard InChI is InChI=1S/C14H17BrClNO/c15-11-4-1-10(13(16)8-11)7-14(18)9-2-5-12(17)6-3-9/h1,4,8-9,12H,2-3,5-7,17H2. The first kappa shape index (κ1) is 14.0. The first-order chi connectivity index (χ1) is 8.56. The maximum atomic E-state index is 12.2. The van der Waals surface area contributed by atoms with Gasteiger partial charge in [0.25, 0.3) is 0 Å². The van der Waals surface area contributed by atoms with E-state index in [0.717, 1.165) is 35.7 Å². The molecule has 0 aromatic heterocycles. The fraction of sp³-hybridized carbons (Fsp3) is 0.500. The Kier molecular flexibility index (Phi) is 4.82. The second-order valence-corrected chi connectivity index (χ2v) is 6.31. The van der Waals surface area contributed by atoms with Crippen LogP contribution in [0.15, 0.2) is 22.7 Å². The number of hydrogen-bond donors (Lipinski definition) is 1. The maximum absolute atomic E-state index is 12.2. The first-order valence-electron chi connectivity index (χ1n) is 6.28. The van der Waals surface area contributed by atoms with E-state index < -0.39 is 0 Å². The Morgan fingerprint density at radius 3 is 2.61 bits per heavy atom. The lowest BCUT2D eigenvalue weighted by Crippen LogP contribution is -2.30. The van der Waals surface area contributed by atoms with Crippen LogP contribution in [0.25, 0.3) is 0 Å². The number of carbonyl (C=O) groups is 1. The summed E-state index contributed by atoms with van der Waals surface area (Å²) in [5.74, 6) is 0.468. The fourth-order valence-corrected chi connectivity index (χ4v) is 3.18. The first-order valence-corrected chi connectivity index (χ1v) is 7.45. The Morgan fingerprint density at radius 2 is 2.00 bits per heavy atom. The number of benzene rings is 1. The fourth-order valence-electron chi connectivity index (χ4n) is 2.44. The van der Waals surface area contributed by atoms with Crippen molar-refractivity contribution in [1.82, 2.24) is 0 Å². The molecule has 0 saturated heterocycles. The van der Waals surface area contributed by atoms with E-state index in [9.17, 15) is 4.79 Å². The van der Waals surface area contributed by atoms with Crippen LogP contribution in [0.3, 0.4) is 0 Å². The van der Waals surface area contributed by atoms with Crippen molar-refractivity contribution >= 4 is 33.3 Å². The van der Waals surface area contributed by atoms with Gasteiger partial charge in [0.15, 0.2) is 0 Å². The van der Waals surface area contributed by atoms with Crippen LogP contribution in [-0.2, 0) is 11.2 Å². The predicted molar refractivity (Wildman–Crippen MR) is 77.8 cm³/mol. The van der Waals surface area contributed by atoms with Gasteiger partial charge in [0.2, 0.25) is 0 Å². The van der Waals surface area contributed by atoms with Crippen LogP contribution >= 0.6 is 27.5 Å². The summed E-state index contributed by atoms with van der Waals surface area (Å²) in [6.45, 7) is 0. The van der Waals surface area contributed by atoms with Crippen molar-refractivity contribution in [3.05, 3.63) is 33.3 Å². The van der Waals surface area contributed by atoms with Crippen LogP contribution < -0.4 is 5.73 Å². The van der Waals surface area contributed by atoms with Gasteiger partial charge < -0.3 is 5.73 Å². The molecule has 0 spiro atoms. The van der Waals surface area contributed by atoms with E-state index in [4.69, 9.17) is 17.3 Å². The van der Waals surface area contributed by atoms with E-state index in [1.54, 1.807) is 0 Å². The Morgan fingerprint density at radius 1 is 1.33 bits per heavy atom. The number of rotatable bonds is 3. The van der Waals surface area contributed by atoms with Gasteiger partial charge in [-0.3, -0.25) is 4.79 Å². The minimum atomic E-state index is 0.171. The van der Waals surface area contributed by atoms with Crippen LogP contribution in [0.1, 0.15) is 31.2 Å². The third-order valence-electron chi connectivity index (χ3n) is 3.61. The van der Waals surface area contributed by atoms with E-state index >= 15 is 0 Å². The Balaban J connectivity index is 1.98. The summed E-state index contributed by atoms with van der Waals surface area (Å²) in [7, 11) is 0. The summed E-state index contributed by atoms with van der Waals surface area (Å²) < 4.78 is 0.937. The summed E-state index contributed by atoms with van der Waals surface area (Å²) in [6, 6.07) is 5.95. The molecule has 0 unspecified atom stereocenters. The summed E-state index contributed by atoms with van der Waals surface area (Å²) >= 11 is 9.50. The number of halogens is 2. The van der Waals surface area contributed by atoms with Crippen molar-refractivity contribution in [2.24, 2.45) is 11.7 Å². The molecule has 1 aliphatic rings. The molecule has 0 atom stereocenters. The van der Waals surface area contributed by atoms with E-state index in [1.807, 2.05) is 18.2 Å². The third-order valence-corrected chi connectivity index (χ3v) is 4.45. The van der Waals surface area contributed by atoms with Crippen molar-refractivity contribution < 1.29 is 4.79 Å². The quantitative estimate of drug-likeness (QED) is 0.917. The molecular formula is C14H17BrClNO. The molecule has 0 radical (unpaired) electrons. The van der Waals surface area contributed by atoms with Crippen molar-refractivity contribution in [3.63, 3.8) is 0 Å². The number of hydrogen-bond acceptors (Lipinski definition) is 2. The molecule has 0 aliphatic heterocycles. The van der Waals surface area contributed by atoms with Gasteiger partial charge in [0, 0.05) is 27.9 Å². The monoisotopic (exact) mass is 329 g/mol. The van der Waals surface area contributed by atoms with Gasteiger partial charge in [-0.2, -0.15) is 0 Å². The lowest BCUT2D eigenvalue weighted by molar-refractivity contribution is -0.123. The topological polar surface area (TPSA) is 43.1 Å². The van der Waals surface area contributed by atoms with E-state index in [1.165, 1.54) is 0 Å². The number of Topliss-reactive ketones (excluding diaryl/α,β-unsaturated/α-hetero) is 1. The molecule has 1 aliphatic carbocycles. The van der Waals surface area contributed by atoms with Crippen molar-refractivity contribution in [2.75, 3.05) is 0 Å². The molecule has 2 nitrogen and oxygen atoms in total. The average Bonchev–Trinajstić information content (AvgIpc) is 2.33. The average molecular weight is 331 g/mol. The SMILES string of the molecule is NC1CCC(C(=O)Cc2ccc(Br)cc2Cl)CC1. The lowest BCUT2D eigenvalue weighted by Gasteiger charge is -2.25. The highest BCUT2D eigenvalue weighted by atomic mass is 79.9. The molecule has 0 bridgehead atoms. The van der Waals surface area contributed by atoms with Gasteiger partial charge in [-0.05, 0) is 43.4 Å². The number of ketones is 1. The maximum Gasteiger partial charge on any atom is 0.140 e. The zero-order valence-electron chi connectivity index (χ0n) is 10.2. The largest absolute Gasteiger partial charge is 0.328 e. The van der Waals surface area contributed by atoms with Crippen LogP contribution in [0.5, 0.6) is 0 Å². The Labute approximate surface area is 121 Å². The summed E-state index contributed by atoms with van der Waals surface area (Å²) in [4.78, 5) is 12.2.